The number of carbonyl (C=O) groups excluding carboxylic acids is 2. The number of rotatable bonds is 2. The average molecular weight is 312 g/mol. The second-order valence-corrected chi connectivity index (χ2v) is 5.10. The number of aromatic nitrogens is 1. The van der Waals surface area contributed by atoms with Crippen molar-refractivity contribution in [2.45, 2.75) is 6.42 Å². The van der Waals surface area contributed by atoms with Gasteiger partial charge in [-0.05, 0) is 30.2 Å². The van der Waals surface area contributed by atoms with Crippen LogP contribution in [-0.4, -0.2) is 37.8 Å². The molecule has 2 heterocycles. The van der Waals surface area contributed by atoms with Crippen LogP contribution < -0.4 is 4.90 Å². The van der Waals surface area contributed by atoms with E-state index in [1.165, 1.54) is 20.4 Å². The van der Waals surface area contributed by atoms with Crippen molar-refractivity contribution in [1.29, 1.82) is 0 Å². The summed E-state index contributed by atoms with van der Waals surface area (Å²) in [6, 6.07) is 9.19. The van der Waals surface area contributed by atoms with Gasteiger partial charge in [0.1, 0.15) is 0 Å². The van der Waals surface area contributed by atoms with Gasteiger partial charge in [0.25, 0.3) is 0 Å². The van der Waals surface area contributed by atoms with E-state index in [-0.39, 0.29) is 6.09 Å². The molecular formula is C17H16N2O4. The molecule has 0 spiro atoms. The first-order valence-electron chi connectivity index (χ1n) is 7.18. The molecule has 0 radical (unpaired) electrons. The molecule has 0 unspecified atom stereocenters. The number of anilines is 1. The van der Waals surface area contributed by atoms with Crippen LogP contribution in [0.25, 0.3) is 11.3 Å². The lowest BCUT2D eigenvalue weighted by molar-refractivity contribution is 0.0600. The smallest absolute Gasteiger partial charge is 0.414 e. The third kappa shape index (κ3) is 2.63. The number of ether oxygens (including phenoxy) is 2. The zero-order valence-electron chi connectivity index (χ0n) is 12.9. The largest absolute Gasteiger partial charge is 0.465 e. The fraction of sp³-hybridized carbons (Fsp3) is 0.235. The molecule has 0 fully saturated rings. The summed E-state index contributed by atoms with van der Waals surface area (Å²) in [7, 11) is 2.71. The van der Waals surface area contributed by atoms with Gasteiger partial charge in [0.15, 0.2) is 0 Å². The first kappa shape index (κ1) is 15.0. The standard InChI is InChI=1S/C17H16N2O4/c1-22-16(20)11-6-7-14(18-10-11)12-4-3-5-15-13(12)8-9-19(15)17(21)23-2/h3-7,10H,8-9H2,1-2H3. The number of amides is 1. The number of esters is 1. The Morgan fingerprint density at radius 1 is 1.13 bits per heavy atom. The van der Waals surface area contributed by atoms with Crippen molar-refractivity contribution in [3.05, 3.63) is 47.7 Å². The van der Waals surface area contributed by atoms with Crippen LogP contribution in [0.4, 0.5) is 10.5 Å². The van der Waals surface area contributed by atoms with Crippen molar-refractivity contribution in [2.75, 3.05) is 25.7 Å². The van der Waals surface area contributed by atoms with Gasteiger partial charge in [0.05, 0.1) is 31.2 Å². The van der Waals surface area contributed by atoms with Crippen LogP contribution in [0.15, 0.2) is 36.5 Å². The van der Waals surface area contributed by atoms with Crippen molar-refractivity contribution >= 4 is 17.7 Å². The molecule has 0 bridgehead atoms. The topological polar surface area (TPSA) is 68.7 Å². The Bertz CT molecular complexity index is 756. The first-order valence-corrected chi connectivity index (χ1v) is 7.18. The Labute approximate surface area is 133 Å². The molecule has 1 aliphatic rings. The van der Waals surface area contributed by atoms with Gasteiger partial charge >= 0.3 is 12.1 Å². The highest BCUT2D eigenvalue weighted by Gasteiger charge is 2.27. The van der Waals surface area contributed by atoms with E-state index in [0.29, 0.717) is 12.1 Å². The summed E-state index contributed by atoms with van der Waals surface area (Å²) >= 11 is 0. The molecule has 23 heavy (non-hydrogen) atoms. The Balaban J connectivity index is 1.98. The molecule has 0 saturated carbocycles. The number of benzene rings is 1. The zero-order valence-corrected chi connectivity index (χ0v) is 12.9. The highest BCUT2D eigenvalue weighted by atomic mass is 16.5. The summed E-state index contributed by atoms with van der Waals surface area (Å²) < 4.78 is 9.48. The molecule has 6 heteroatoms. The van der Waals surface area contributed by atoms with Gasteiger partial charge in [-0.3, -0.25) is 9.88 Å². The van der Waals surface area contributed by atoms with Crippen LogP contribution >= 0.6 is 0 Å². The van der Waals surface area contributed by atoms with Crippen LogP contribution in [0.1, 0.15) is 15.9 Å². The van der Waals surface area contributed by atoms with Crippen LogP contribution in [0, 0.1) is 0 Å². The third-order valence-electron chi connectivity index (χ3n) is 3.88. The maximum Gasteiger partial charge on any atom is 0.414 e. The number of hydrogen-bond acceptors (Lipinski definition) is 5. The number of carbonyl (C=O) groups is 2. The minimum Gasteiger partial charge on any atom is -0.465 e. The van der Waals surface area contributed by atoms with Gasteiger partial charge in [0, 0.05) is 18.3 Å². The number of fused-ring (bicyclic) bond motifs is 1. The maximum absolute atomic E-state index is 11.8. The molecule has 1 aromatic heterocycles. The van der Waals surface area contributed by atoms with E-state index in [0.717, 1.165) is 28.9 Å². The quantitative estimate of drug-likeness (QED) is 0.797. The molecule has 6 nitrogen and oxygen atoms in total. The molecule has 1 amide bonds. The Morgan fingerprint density at radius 2 is 1.96 bits per heavy atom. The first-order chi connectivity index (χ1) is 11.2. The number of hydrogen-bond donors (Lipinski definition) is 0. The SMILES string of the molecule is COC(=O)c1ccc(-c2cccc3c2CCN3C(=O)OC)nc1. The van der Waals surface area contributed by atoms with Gasteiger partial charge in [0.2, 0.25) is 0 Å². The normalized spacial score (nSPS) is 12.7. The lowest BCUT2D eigenvalue weighted by Gasteiger charge is -2.15. The number of methoxy groups -OCH3 is 2. The predicted octanol–water partition coefficient (Wildman–Crippen LogP) is 2.66. The average Bonchev–Trinajstić information content (AvgIpc) is 3.04. The summed E-state index contributed by atoms with van der Waals surface area (Å²) in [6.07, 6.45) is 1.86. The Kier molecular flexibility index (Phi) is 3.97. The highest BCUT2D eigenvalue weighted by Crippen LogP contribution is 2.35. The minimum atomic E-state index is -0.417. The van der Waals surface area contributed by atoms with Gasteiger partial charge in [-0.2, -0.15) is 0 Å². The Morgan fingerprint density at radius 3 is 2.61 bits per heavy atom. The molecule has 1 aliphatic heterocycles. The molecule has 0 aliphatic carbocycles. The van der Waals surface area contributed by atoms with Gasteiger partial charge in [-0.15, -0.1) is 0 Å². The Hall–Kier alpha value is -2.89. The molecular weight excluding hydrogens is 296 g/mol. The fourth-order valence-corrected chi connectivity index (χ4v) is 2.77. The fourth-order valence-electron chi connectivity index (χ4n) is 2.77. The van der Waals surface area contributed by atoms with Crippen LogP contribution in [0.5, 0.6) is 0 Å². The van der Waals surface area contributed by atoms with Crippen LogP contribution in [0.3, 0.4) is 0 Å². The second kappa shape index (κ2) is 6.08. The summed E-state index contributed by atoms with van der Waals surface area (Å²) in [4.78, 5) is 29.3. The van der Waals surface area contributed by atoms with Gasteiger partial charge < -0.3 is 9.47 Å². The highest BCUT2D eigenvalue weighted by molar-refractivity contribution is 5.93. The number of pyridine rings is 1. The van der Waals surface area contributed by atoms with E-state index < -0.39 is 5.97 Å². The van der Waals surface area contributed by atoms with E-state index >= 15 is 0 Å². The van der Waals surface area contributed by atoms with Gasteiger partial charge in [-0.25, -0.2) is 9.59 Å². The predicted molar refractivity (Wildman–Crippen MR) is 84.5 cm³/mol. The maximum atomic E-state index is 11.8. The molecule has 3 rings (SSSR count). The van der Waals surface area contributed by atoms with Crippen molar-refractivity contribution in [2.24, 2.45) is 0 Å². The summed E-state index contributed by atoms with van der Waals surface area (Å²) in [5.41, 5.74) is 4.00. The van der Waals surface area contributed by atoms with Crippen molar-refractivity contribution in [3.63, 3.8) is 0 Å². The second-order valence-electron chi connectivity index (χ2n) is 5.10. The molecule has 1 aromatic carbocycles. The lowest BCUT2D eigenvalue weighted by atomic mass is 10.0. The number of nitrogens with zero attached hydrogens (tertiary/aromatic N) is 2. The van der Waals surface area contributed by atoms with E-state index in [2.05, 4.69) is 9.72 Å². The van der Waals surface area contributed by atoms with Gasteiger partial charge in [-0.1, -0.05) is 12.1 Å². The molecule has 0 atom stereocenters. The summed E-state index contributed by atoms with van der Waals surface area (Å²) in [5, 5.41) is 0. The lowest BCUT2D eigenvalue weighted by Crippen LogP contribution is -2.28. The molecule has 0 saturated heterocycles. The summed E-state index contributed by atoms with van der Waals surface area (Å²) in [6.45, 7) is 0.583. The van der Waals surface area contributed by atoms with E-state index in [9.17, 15) is 9.59 Å². The van der Waals surface area contributed by atoms with Crippen molar-refractivity contribution in [3.8, 4) is 11.3 Å². The van der Waals surface area contributed by atoms with E-state index in [4.69, 9.17) is 4.74 Å². The van der Waals surface area contributed by atoms with E-state index in [1.54, 1.807) is 17.0 Å². The third-order valence-corrected chi connectivity index (χ3v) is 3.88. The molecule has 0 N–H and O–H groups in total. The minimum absolute atomic E-state index is 0.366. The summed E-state index contributed by atoms with van der Waals surface area (Å²) in [5.74, 6) is -0.417. The molecule has 2 aromatic rings. The van der Waals surface area contributed by atoms with Crippen LogP contribution in [0.2, 0.25) is 0 Å². The zero-order chi connectivity index (χ0) is 16.4. The van der Waals surface area contributed by atoms with Crippen molar-refractivity contribution < 1.29 is 19.1 Å². The van der Waals surface area contributed by atoms with Crippen molar-refractivity contribution in [1.82, 2.24) is 4.98 Å². The monoisotopic (exact) mass is 312 g/mol. The van der Waals surface area contributed by atoms with E-state index in [1.807, 2.05) is 18.2 Å². The van der Waals surface area contributed by atoms with Crippen LogP contribution in [-0.2, 0) is 15.9 Å². The molecule has 118 valence electrons.